The van der Waals surface area contributed by atoms with Gasteiger partial charge in [-0.2, -0.15) is 9.40 Å². The van der Waals surface area contributed by atoms with E-state index in [0.29, 0.717) is 16.4 Å². The lowest BCUT2D eigenvalue weighted by atomic mass is 10.1. The van der Waals surface area contributed by atoms with E-state index in [0.717, 1.165) is 16.8 Å². The summed E-state index contributed by atoms with van der Waals surface area (Å²) in [6.45, 7) is 3.33. The third kappa shape index (κ3) is 4.14. The van der Waals surface area contributed by atoms with E-state index >= 15 is 0 Å². The minimum Gasteiger partial charge on any atom is -0.360 e. The summed E-state index contributed by atoms with van der Waals surface area (Å²) < 4.78 is 34.5. The molecule has 0 aliphatic heterocycles. The van der Waals surface area contributed by atoms with Gasteiger partial charge in [-0.05, 0) is 38.1 Å². The van der Waals surface area contributed by atoms with Gasteiger partial charge in [-0.3, -0.25) is 0 Å². The molecule has 160 valence electrons. The van der Waals surface area contributed by atoms with E-state index in [9.17, 15) is 8.42 Å². The van der Waals surface area contributed by atoms with Gasteiger partial charge < -0.3 is 4.52 Å². The van der Waals surface area contributed by atoms with Crippen LogP contribution in [0.25, 0.3) is 16.9 Å². The minimum atomic E-state index is -3.80. The molecule has 0 radical (unpaired) electrons. The van der Waals surface area contributed by atoms with Crippen molar-refractivity contribution in [2.45, 2.75) is 25.3 Å². The molecule has 0 spiro atoms. The van der Waals surface area contributed by atoms with Gasteiger partial charge in [0.1, 0.15) is 10.6 Å². The van der Waals surface area contributed by atoms with Crippen LogP contribution in [-0.4, -0.2) is 34.7 Å². The van der Waals surface area contributed by atoms with Crippen LogP contribution < -0.4 is 0 Å². The molecule has 0 bridgehead atoms. The first-order valence-corrected chi connectivity index (χ1v) is 11.4. The highest BCUT2D eigenvalue weighted by Crippen LogP contribution is 2.29. The second-order valence-electron chi connectivity index (χ2n) is 7.20. The normalized spacial score (nSPS) is 11.9. The van der Waals surface area contributed by atoms with Crippen LogP contribution in [0.1, 0.15) is 17.0 Å². The molecule has 9 heteroatoms. The highest BCUT2D eigenvalue weighted by atomic mass is 35.5. The summed E-state index contributed by atoms with van der Waals surface area (Å²) in [5.74, 6) is 0.266. The zero-order chi connectivity index (χ0) is 22.2. The van der Waals surface area contributed by atoms with Gasteiger partial charge in [0.2, 0.25) is 10.0 Å². The molecule has 0 fully saturated rings. The van der Waals surface area contributed by atoms with Crippen molar-refractivity contribution in [3.05, 3.63) is 82.8 Å². The number of halogens is 1. The highest BCUT2D eigenvalue weighted by molar-refractivity contribution is 7.89. The number of hydrogen-bond donors (Lipinski definition) is 0. The van der Waals surface area contributed by atoms with E-state index < -0.39 is 10.0 Å². The third-order valence-electron chi connectivity index (χ3n) is 4.96. The lowest BCUT2D eigenvalue weighted by Gasteiger charge is -2.17. The summed E-state index contributed by atoms with van der Waals surface area (Å²) in [7, 11) is -2.26. The molecule has 0 atom stereocenters. The fourth-order valence-electron chi connectivity index (χ4n) is 3.41. The number of aryl methyl sites for hydroxylation is 2. The van der Waals surface area contributed by atoms with Gasteiger partial charge in [-0.1, -0.05) is 47.1 Å². The molecule has 0 unspecified atom stereocenters. The molecule has 31 heavy (non-hydrogen) atoms. The quantitative estimate of drug-likeness (QED) is 0.423. The van der Waals surface area contributed by atoms with Crippen molar-refractivity contribution in [1.29, 1.82) is 0 Å². The molecule has 0 saturated heterocycles. The van der Waals surface area contributed by atoms with E-state index in [1.807, 2.05) is 48.7 Å². The first-order chi connectivity index (χ1) is 14.8. The molecule has 0 aliphatic rings. The predicted molar refractivity (Wildman–Crippen MR) is 119 cm³/mol. The van der Waals surface area contributed by atoms with Crippen molar-refractivity contribution in [3.8, 4) is 16.9 Å². The Balaban J connectivity index is 1.76. The topological polar surface area (TPSA) is 81.2 Å². The molecule has 4 rings (SSSR count). The second-order valence-corrected chi connectivity index (χ2v) is 9.62. The maximum Gasteiger partial charge on any atom is 0.248 e. The van der Waals surface area contributed by atoms with Crippen molar-refractivity contribution in [2.24, 2.45) is 0 Å². The van der Waals surface area contributed by atoms with E-state index in [4.69, 9.17) is 21.2 Å². The SMILES string of the molecule is Cc1noc(C)c1S(=O)(=O)N(C)Cc1cn(-c2ccccc2)nc1-c1ccc(Cl)cc1. The number of sulfonamides is 1. The van der Waals surface area contributed by atoms with Crippen molar-refractivity contribution in [1.82, 2.24) is 19.2 Å². The van der Waals surface area contributed by atoms with Crippen molar-refractivity contribution in [2.75, 3.05) is 7.05 Å². The van der Waals surface area contributed by atoms with Crippen LogP contribution in [-0.2, 0) is 16.6 Å². The van der Waals surface area contributed by atoms with Gasteiger partial charge in [0, 0.05) is 35.9 Å². The molecule has 7 nitrogen and oxygen atoms in total. The Kier molecular flexibility index (Phi) is 5.70. The summed E-state index contributed by atoms with van der Waals surface area (Å²) in [4.78, 5) is 0.0958. The number of nitrogens with zero attached hydrogens (tertiary/aromatic N) is 4. The third-order valence-corrected chi connectivity index (χ3v) is 7.26. The van der Waals surface area contributed by atoms with Crippen LogP contribution in [0.15, 0.2) is 70.2 Å². The Morgan fingerprint density at radius 3 is 2.35 bits per heavy atom. The van der Waals surface area contributed by atoms with Crippen LogP contribution in [0.3, 0.4) is 0 Å². The smallest absolute Gasteiger partial charge is 0.248 e. The Hall–Kier alpha value is -2.94. The Labute approximate surface area is 185 Å². The average molecular weight is 457 g/mol. The Morgan fingerprint density at radius 1 is 1.06 bits per heavy atom. The Morgan fingerprint density at radius 2 is 1.74 bits per heavy atom. The van der Waals surface area contributed by atoms with Gasteiger partial charge in [0.15, 0.2) is 5.76 Å². The fourth-order valence-corrected chi connectivity index (χ4v) is 4.97. The van der Waals surface area contributed by atoms with Crippen LogP contribution in [0.2, 0.25) is 5.02 Å². The first-order valence-electron chi connectivity index (χ1n) is 9.56. The maximum atomic E-state index is 13.2. The number of rotatable bonds is 6. The summed E-state index contributed by atoms with van der Waals surface area (Å²) in [6, 6.07) is 17.0. The summed E-state index contributed by atoms with van der Waals surface area (Å²) in [5.41, 5.74) is 3.49. The monoisotopic (exact) mass is 456 g/mol. The molecule has 0 N–H and O–H groups in total. The van der Waals surface area contributed by atoms with Gasteiger partial charge in [0.25, 0.3) is 0 Å². The lowest BCUT2D eigenvalue weighted by Crippen LogP contribution is -2.27. The summed E-state index contributed by atoms with van der Waals surface area (Å²) in [6.07, 6.45) is 1.85. The van der Waals surface area contributed by atoms with Gasteiger partial charge >= 0.3 is 0 Å². The largest absolute Gasteiger partial charge is 0.360 e. The predicted octanol–water partition coefficient (Wildman–Crippen LogP) is 4.62. The summed E-state index contributed by atoms with van der Waals surface area (Å²) >= 11 is 6.04. The molecular weight excluding hydrogens is 436 g/mol. The zero-order valence-electron chi connectivity index (χ0n) is 17.3. The molecule has 2 heterocycles. The van der Waals surface area contributed by atoms with Crippen LogP contribution in [0.4, 0.5) is 0 Å². The maximum absolute atomic E-state index is 13.2. The Bertz CT molecular complexity index is 1290. The van der Waals surface area contributed by atoms with Crippen molar-refractivity contribution < 1.29 is 12.9 Å². The minimum absolute atomic E-state index is 0.0958. The van der Waals surface area contributed by atoms with Crippen LogP contribution >= 0.6 is 11.6 Å². The van der Waals surface area contributed by atoms with E-state index in [1.165, 1.54) is 11.4 Å². The number of aromatic nitrogens is 3. The zero-order valence-corrected chi connectivity index (χ0v) is 18.9. The van der Waals surface area contributed by atoms with Crippen molar-refractivity contribution in [3.63, 3.8) is 0 Å². The molecule has 4 aromatic rings. The molecule has 2 aromatic carbocycles. The van der Waals surface area contributed by atoms with E-state index in [2.05, 4.69) is 5.16 Å². The summed E-state index contributed by atoms with van der Waals surface area (Å²) in [5, 5.41) is 9.13. The van der Waals surface area contributed by atoms with Gasteiger partial charge in [0.05, 0.1) is 11.4 Å². The fraction of sp³-hybridized carbons (Fsp3) is 0.182. The first kappa shape index (κ1) is 21.3. The van der Waals surface area contributed by atoms with Crippen LogP contribution in [0, 0.1) is 13.8 Å². The lowest BCUT2D eigenvalue weighted by molar-refractivity contribution is 0.389. The van der Waals surface area contributed by atoms with Gasteiger partial charge in [-0.25, -0.2) is 13.1 Å². The highest BCUT2D eigenvalue weighted by Gasteiger charge is 2.29. The average Bonchev–Trinajstić information content (AvgIpc) is 3.32. The second kappa shape index (κ2) is 8.30. The number of benzene rings is 2. The van der Waals surface area contributed by atoms with Gasteiger partial charge in [-0.15, -0.1) is 0 Å². The van der Waals surface area contributed by atoms with E-state index in [-0.39, 0.29) is 17.2 Å². The molecule has 0 saturated carbocycles. The number of hydrogen-bond acceptors (Lipinski definition) is 5. The molecule has 2 aromatic heterocycles. The molecule has 0 amide bonds. The van der Waals surface area contributed by atoms with Crippen molar-refractivity contribution >= 4 is 21.6 Å². The van der Waals surface area contributed by atoms with Crippen LogP contribution in [0.5, 0.6) is 0 Å². The molecular formula is C22H21ClN4O3S. The molecule has 0 aliphatic carbocycles. The standard InChI is InChI=1S/C22H21ClN4O3S/c1-15-22(16(2)30-25-15)31(28,29)26(3)13-18-14-27(20-7-5-4-6-8-20)24-21(18)17-9-11-19(23)12-10-17/h4-12,14H,13H2,1-3H3. The van der Waals surface area contributed by atoms with E-state index in [1.54, 1.807) is 30.7 Å². The number of para-hydroxylation sites is 1.